The van der Waals surface area contributed by atoms with Gasteiger partial charge in [0.15, 0.2) is 41.1 Å². The molecule has 1 aliphatic rings. The lowest BCUT2D eigenvalue weighted by Crippen LogP contribution is -2.31. The Morgan fingerprint density at radius 1 is 0.658 bits per heavy atom. The lowest BCUT2D eigenvalue weighted by molar-refractivity contribution is -0.209. The Bertz CT molecular complexity index is 1380. The lowest BCUT2D eigenvalue weighted by Gasteiger charge is -2.29. The number of aryl methyl sites for hydroxylation is 1. The van der Waals surface area contributed by atoms with Crippen molar-refractivity contribution in [2.24, 2.45) is 5.92 Å². The Balaban J connectivity index is 1.20. The molecule has 0 saturated carbocycles. The third kappa shape index (κ3) is 5.56. The zero-order valence-electron chi connectivity index (χ0n) is 20.3. The highest BCUT2D eigenvalue weighted by molar-refractivity contribution is 5.71. The Hall–Kier alpha value is -3.75. The number of rotatable bonds is 6. The second-order valence-corrected chi connectivity index (χ2v) is 9.19. The van der Waals surface area contributed by atoms with Crippen LogP contribution in [0, 0.1) is 41.9 Å². The van der Waals surface area contributed by atoms with E-state index in [4.69, 9.17) is 14.2 Å². The Morgan fingerprint density at radius 3 is 1.66 bits per heavy atom. The first-order valence-corrected chi connectivity index (χ1v) is 12.0. The summed E-state index contributed by atoms with van der Waals surface area (Å²) in [6.45, 7) is 1.98. The van der Waals surface area contributed by atoms with Gasteiger partial charge >= 0.3 is 0 Å². The number of ether oxygens (including phenoxy) is 3. The molecule has 1 saturated heterocycles. The molecule has 38 heavy (non-hydrogen) atoms. The highest BCUT2D eigenvalue weighted by Crippen LogP contribution is 2.32. The highest BCUT2D eigenvalue weighted by Gasteiger charge is 2.27. The maximum absolute atomic E-state index is 14.8. The Morgan fingerprint density at radius 2 is 1.13 bits per heavy atom. The maximum Gasteiger partial charge on any atom is 0.194 e. The van der Waals surface area contributed by atoms with E-state index in [0.29, 0.717) is 11.1 Å². The van der Waals surface area contributed by atoms with Crippen LogP contribution < -0.4 is 4.74 Å². The molecule has 0 aromatic heterocycles. The molecule has 0 unspecified atom stereocenters. The van der Waals surface area contributed by atoms with E-state index in [2.05, 4.69) is 0 Å². The van der Waals surface area contributed by atoms with E-state index in [1.165, 1.54) is 12.1 Å². The van der Waals surface area contributed by atoms with Crippen molar-refractivity contribution in [3.05, 3.63) is 113 Å². The van der Waals surface area contributed by atoms with E-state index < -0.39 is 47.0 Å². The smallest absolute Gasteiger partial charge is 0.194 e. The molecular formula is C30H23F5O3. The van der Waals surface area contributed by atoms with E-state index in [-0.39, 0.29) is 25.4 Å². The minimum Gasteiger partial charge on any atom is -0.487 e. The molecule has 0 radical (unpaired) electrons. The van der Waals surface area contributed by atoms with Gasteiger partial charge in [0.25, 0.3) is 0 Å². The molecule has 1 aliphatic heterocycles. The van der Waals surface area contributed by atoms with E-state index >= 15 is 0 Å². The summed E-state index contributed by atoms with van der Waals surface area (Å²) in [5.74, 6) is -6.90. The molecular weight excluding hydrogens is 503 g/mol. The van der Waals surface area contributed by atoms with Gasteiger partial charge in [-0.15, -0.1) is 0 Å². The fourth-order valence-electron chi connectivity index (χ4n) is 4.21. The molecule has 0 amide bonds. The Kier molecular flexibility index (Phi) is 7.44. The summed E-state index contributed by atoms with van der Waals surface area (Å²) in [5, 5.41) is 0. The summed E-state index contributed by atoms with van der Waals surface area (Å²) in [6, 6.07) is 19.5. The number of hydrogen-bond acceptors (Lipinski definition) is 3. The first-order chi connectivity index (χ1) is 18.3. The van der Waals surface area contributed by atoms with Crippen molar-refractivity contribution in [1.29, 1.82) is 0 Å². The molecule has 0 N–H and O–H groups in total. The Labute approximate surface area is 216 Å². The van der Waals surface area contributed by atoms with Gasteiger partial charge in [0.05, 0.1) is 19.8 Å². The molecule has 0 aliphatic carbocycles. The average molecular weight is 527 g/mol. The molecule has 0 bridgehead atoms. The third-order valence-corrected chi connectivity index (χ3v) is 6.31. The zero-order chi connectivity index (χ0) is 26.8. The topological polar surface area (TPSA) is 27.7 Å². The van der Waals surface area contributed by atoms with Crippen molar-refractivity contribution in [3.63, 3.8) is 0 Å². The second-order valence-electron chi connectivity index (χ2n) is 9.19. The summed E-state index contributed by atoms with van der Waals surface area (Å²) < 4.78 is 86.0. The van der Waals surface area contributed by atoms with Crippen LogP contribution in [-0.4, -0.2) is 19.8 Å². The van der Waals surface area contributed by atoms with Crippen LogP contribution in [-0.2, 0) is 9.47 Å². The first-order valence-electron chi connectivity index (χ1n) is 12.0. The van der Waals surface area contributed by atoms with Gasteiger partial charge in [-0.3, -0.25) is 0 Å². The second kappa shape index (κ2) is 10.9. The van der Waals surface area contributed by atoms with Crippen molar-refractivity contribution in [1.82, 2.24) is 0 Å². The lowest BCUT2D eigenvalue weighted by atomic mass is 9.99. The van der Waals surface area contributed by atoms with Crippen LogP contribution in [0.3, 0.4) is 0 Å². The normalized spacial score (nSPS) is 17.4. The van der Waals surface area contributed by atoms with Crippen LogP contribution >= 0.6 is 0 Å². The van der Waals surface area contributed by atoms with Gasteiger partial charge in [-0.2, -0.15) is 0 Å². The number of hydrogen-bond donors (Lipinski definition) is 0. The third-order valence-electron chi connectivity index (χ3n) is 6.31. The number of benzene rings is 4. The van der Waals surface area contributed by atoms with E-state index in [1.54, 1.807) is 12.1 Å². The van der Waals surface area contributed by atoms with Gasteiger partial charge in [0.2, 0.25) is 0 Å². The van der Waals surface area contributed by atoms with Crippen molar-refractivity contribution in [2.75, 3.05) is 19.8 Å². The standard InChI is InChI=1S/C30H23F5O3/c1-17-2-4-19(5-3-17)20-6-8-21(9-7-20)22-10-26(33)29(27(34)11-22)36-14-18-15-37-30(38-16-18)23-12-24(31)28(35)25(32)13-23/h2-13,18,30H,14-16H2,1H3. The summed E-state index contributed by atoms with van der Waals surface area (Å²) in [7, 11) is 0. The predicted octanol–water partition coefficient (Wildman–Crippen LogP) is 7.77. The summed E-state index contributed by atoms with van der Waals surface area (Å²) in [4.78, 5) is 0. The van der Waals surface area contributed by atoms with E-state index in [0.717, 1.165) is 28.8 Å². The van der Waals surface area contributed by atoms with E-state index in [9.17, 15) is 22.0 Å². The minimum atomic E-state index is -1.58. The van der Waals surface area contributed by atoms with Crippen LogP contribution in [0.1, 0.15) is 17.4 Å². The molecule has 8 heteroatoms. The summed E-state index contributed by atoms with van der Waals surface area (Å²) in [5.41, 5.74) is 4.20. The van der Waals surface area contributed by atoms with Crippen molar-refractivity contribution in [2.45, 2.75) is 13.2 Å². The number of halogens is 5. The molecule has 1 heterocycles. The van der Waals surface area contributed by atoms with E-state index in [1.807, 2.05) is 43.3 Å². The van der Waals surface area contributed by atoms with Crippen molar-refractivity contribution < 1.29 is 36.2 Å². The largest absolute Gasteiger partial charge is 0.487 e. The first kappa shape index (κ1) is 25.9. The monoisotopic (exact) mass is 526 g/mol. The molecule has 0 spiro atoms. The SMILES string of the molecule is Cc1ccc(-c2ccc(-c3cc(F)c(OCC4COC(c5cc(F)c(F)c(F)c5)OC4)c(F)c3)cc2)cc1. The fourth-order valence-corrected chi connectivity index (χ4v) is 4.21. The molecule has 5 rings (SSSR count). The van der Waals surface area contributed by atoms with Gasteiger partial charge < -0.3 is 14.2 Å². The maximum atomic E-state index is 14.8. The molecule has 4 aromatic carbocycles. The van der Waals surface area contributed by atoms with Crippen LogP contribution in [0.4, 0.5) is 22.0 Å². The van der Waals surface area contributed by atoms with Crippen LogP contribution in [0.2, 0.25) is 0 Å². The molecule has 0 atom stereocenters. The fraction of sp³-hybridized carbons (Fsp3) is 0.200. The van der Waals surface area contributed by atoms with Crippen molar-refractivity contribution in [3.8, 4) is 28.0 Å². The van der Waals surface area contributed by atoms with Gasteiger partial charge in [-0.25, -0.2) is 22.0 Å². The molecule has 4 aromatic rings. The summed E-state index contributed by atoms with van der Waals surface area (Å²) in [6.07, 6.45) is -1.10. The van der Waals surface area contributed by atoms with Crippen LogP contribution in [0.25, 0.3) is 22.3 Å². The molecule has 1 fully saturated rings. The van der Waals surface area contributed by atoms with Crippen LogP contribution in [0.5, 0.6) is 5.75 Å². The van der Waals surface area contributed by atoms with Gasteiger partial charge in [-0.1, -0.05) is 54.1 Å². The quantitative estimate of drug-likeness (QED) is 0.190. The minimum absolute atomic E-state index is 0.0136. The summed E-state index contributed by atoms with van der Waals surface area (Å²) >= 11 is 0. The zero-order valence-corrected chi connectivity index (χ0v) is 20.3. The average Bonchev–Trinajstić information content (AvgIpc) is 2.92. The van der Waals surface area contributed by atoms with Gasteiger partial charge in [0.1, 0.15) is 0 Å². The van der Waals surface area contributed by atoms with Crippen LogP contribution in [0.15, 0.2) is 72.8 Å². The predicted molar refractivity (Wildman–Crippen MR) is 132 cm³/mol. The highest BCUT2D eigenvalue weighted by atomic mass is 19.2. The molecule has 196 valence electrons. The van der Waals surface area contributed by atoms with Crippen molar-refractivity contribution >= 4 is 0 Å². The molecule has 3 nitrogen and oxygen atoms in total. The van der Waals surface area contributed by atoms with Gasteiger partial charge in [0, 0.05) is 11.5 Å². The van der Waals surface area contributed by atoms with Gasteiger partial charge in [-0.05, 0) is 53.4 Å².